The van der Waals surface area contributed by atoms with Crippen LogP contribution in [-0.2, 0) is 10.8 Å². The number of aromatic nitrogens is 2. The van der Waals surface area contributed by atoms with E-state index in [0.29, 0.717) is 0 Å². The van der Waals surface area contributed by atoms with Crippen molar-refractivity contribution in [1.29, 1.82) is 0 Å². The molecule has 0 saturated carbocycles. The number of para-hydroxylation sites is 1. The third-order valence-corrected chi connectivity index (χ3v) is 12.7. The second kappa shape index (κ2) is 11.2. The molecular formula is C52H42N2. The van der Waals surface area contributed by atoms with Gasteiger partial charge < -0.3 is 9.13 Å². The van der Waals surface area contributed by atoms with E-state index < -0.39 is 0 Å². The van der Waals surface area contributed by atoms with Gasteiger partial charge in [-0.2, -0.15) is 0 Å². The van der Waals surface area contributed by atoms with Gasteiger partial charge in [0.05, 0.1) is 22.1 Å². The molecular weight excluding hydrogens is 653 g/mol. The van der Waals surface area contributed by atoms with Crippen molar-refractivity contribution in [2.45, 2.75) is 51.4 Å². The summed E-state index contributed by atoms with van der Waals surface area (Å²) in [6.45, 7) is 9.77. The Morgan fingerprint density at radius 1 is 0.389 bits per heavy atom. The molecule has 0 atom stereocenters. The summed E-state index contributed by atoms with van der Waals surface area (Å²) >= 11 is 0. The van der Waals surface area contributed by atoms with E-state index in [9.17, 15) is 0 Å². The van der Waals surface area contributed by atoms with Gasteiger partial charge in [-0.15, -0.1) is 0 Å². The van der Waals surface area contributed by atoms with Crippen LogP contribution in [-0.4, -0.2) is 9.13 Å². The smallest absolute Gasteiger partial charge is 0.0549 e. The van der Waals surface area contributed by atoms with Crippen LogP contribution in [0, 0.1) is 0 Å². The Morgan fingerprint density at radius 3 is 1.69 bits per heavy atom. The summed E-state index contributed by atoms with van der Waals surface area (Å²) in [6, 6.07) is 58.9. The van der Waals surface area contributed by atoms with E-state index in [4.69, 9.17) is 0 Å². The molecule has 0 fully saturated rings. The third kappa shape index (κ3) is 4.40. The number of hydrogen-bond donors (Lipinski definition) is 0. The number of benzene rings is 8. The Morgan fingerprint density at radius 2 is 0.926 bits per heavy atom. The van der Waals surface area contributed by atoms with Crippen molar-refractivity contribution in [3.63, 3.8) is 0 Å². The molecule has 0 saturated heterocycles. The van der Waals surface area contributed by atoms with Crippen LogP contribution < -0.4 is 0 Å². The molecule has 0 unspecified atom stereocenters. The molecule has 1 aliphatic carbocycles. The standard InChI is InChI=1S/C52H42N2/c1-51(2)28-29-52(3,4)43-32-47-41(31-42(43)51)49-45(53(47)36-18-6-5-7-19-36)26-27-46-50(49)48-40-22-11-9-15-34(40)24-25-44(48)54(46)37-20-12-17-35(30-37)39-23-13-16-33-14-8-10-21-38(33)39/h5-27,30-32H,28-29H2,1-4H3. The number of nitrogens with zero attached hydrogens (tertiary/aromatic N) is 2. The highest BCUT2D eigenvalue weighted by Gasteiger charge is 2.38. The summed E-state index contributed by atoms with van der Waals surface area (Å²) < 4.78 is 5.04. The van der Waals surface area contributed by atoms with E-state index >= 15 is 0 Å². The van der Waals surface area contributed by atoms with E-state index in [-0.39, 0.29) is 10.8 Å². The lowest BCUT2D eigenvalue weighted by atomic mass is 9.63. The Kier molecular flexibility index (Phi) is 6.51. The molecule has 10 aromatic rings. The lowest BCUT2D eigenvalue weighted by Gasteiger charge is -2.42. The molecule has 0 bridgehead atoms. The fraction of sp³-hybridized carbons (Fsp3) is 0.154. The van der Waals surface area contributed by atoms with Crippen molar-refractivity contribution in [3.05, 3.63) is 169 Å². The van der Waals surface area contributed by atoms with E-state index in [1.165, 1.54) is 112 Å². The topological polar surface area (TPSA) is 9.86 Å². The molecule has 260 valence electrons. The summed E-state index contributed by atoms with van der Waals surface area (Å²) in [4.78, 5) is 0. The van der Waals surface area contributed by atoms with Crippen molar-refractivity contribution < 1.29 is 0 Å². The van der Waals surface area contributed by atoms with Crippen LogP contribution in [0.3, 0.4) is 0 Å². The van der Waals surface area contributed by atoms with Crippen LogP contribution >= 0.6 is 0 Å². The first kappa shape index (κ1) is 31.4. The van der Waals surface area contributed by atoms with Gasteiger partial charge >= 0.3 is 0 Å². The summed E-state index contributed by atoms with van der Waals surface area (Å²) in [6.07, 6.45) is 2.37. The fourth-order valence-electron chi connectivity index (χ4n) is 9.86. The van der Waals surface area contributed by atoms with Gasteiger partial charge in [0.15, 0.2) is 0 Å². The highest BCUT2D eigenvalue weighted by atomic mass is 15.0. The van der Waals surface area contributed by atoms with E-state index in [2.05, 4.69) is 195 Å². The molecule has 0 aliphatic heterocycles. The average molecular weight is 695 g/mol. The maximum Gasteiger partial charge on any atom is 0.0549 e. The predicted octanol–water partition coefficient (Wildman–Crippen LogP) is 14.2. The zero-order valence-corrected chi connectivity index (χ0v) is 31.3. The highest BCUT2D eigenvalue weighted by molar-refractivity contribution is 6.33. The summed E-state index contributed by atoms with van der Waals surface area (Å²) in [7, 11) is 0. The first-order valence-electron chi connectivity index (χ1n) is 19.4. The zero-order valence-electron chi connectivity index (χ0n) is 31.3. The van der Waals surface area contributed by atoms with Gasteiger partial charge in [-0.25, -0.2) is 0 Å². The van der Waals surface area contributed by atoms with Crippen LogP contribution in [0.1, 0.15) is 51.7 Å². The quantitative estimate of drug-likeness (QED) is 0.174. The SMILES string of the molecule is CC1(C)CCC(C)(C)c2cc3c(cc21)c1c2c4c5ccccc5ccc4n(-c4cccc(-c5cccc6ccccc56)c4)c2ccc1n3-c1ccccc1. The van der Waals surface area contributed by atoms with Gasteiger partial charge in [-0.3, -0.25) is 0 Å². The van der Waals surface area contributed by atoms with Crippen molar-refractivity contribution in [1.82, 2.24) is 9.13 Å². The second-order valence-electron chi connectivity index (χ2n) is 16.8. The molecule has 0 spiro atoms. The van der Waals surface area contributed by atoms with Crippen molar-refractivity contribution in [3.8, 4) is 22.5 Å². The van der Waals surface area contributed by atoms with Gasteiger partial charge in [0.2, 0.25) is 0 Å². The second-order valence-corrected chi connectivity index (χ2v) is 16.8. The monoisotopic (exact) mass is 694 g/mol. The lowest BCUT2D eigenvalue weighted by Crippen LogP contribution is -2.33. The highest BCUT2D eigenvalue weighted by Crippen LogP contribution is 2.50. The molecule has 2 nitrogen and oxygen atoms in total. The molecule has 2 aromatic heterocycles. The Labute approximate surface area is 315 Å². The minimum Gasteiger partial charge on any atom is -0.309 e. The van der Waals surface area contributed by atoms with Gasteiger partial charge in [-0.05, 0) is 122 Å². The average Bonchev–Trinajstić information content (AvgIpc) is 3.72. The third-order valence-electron chi connectivity index (χ3n) is 12.7. The van der Waals surface area contributed by atoms with Gasteiger partial charge in [0.1, 0.15) is 0 Å². The lowest BCUT2D eigenvalue weighted by molar-refractivity contribution is 0.332. The van der Waals surface area contributed by atoms with Crippen molar-refractivity contribution >= 4 is 65.2 Å². The summed E-state index contributed by atoms with van der Waals surface area (Å²) in [5, 5.41) is 10.4. The minimum atomic E-state index is 0.0941. The first-order valence-corrected chi connectivity index (χ1v) is 19.4. The zero-order chi connectivity index (χ0) is 36.3. The summed E-state index contributed by atoms with van der Waals surface area (Å²) in [5.74, 6) is 0. The maximum absolute atomic E-state index is 2.59. The molecule has 0 amide bonds. The summed E-state index contributed by atoms with van der Waals surface area (Å²) in [5.41, 5.74) is 13.0. The largest absolute Gasteiger partial charge is 0.309 e. The van der Waals surface area contributed by atoms with Crippen LogP contribution in [0.25, 0.3) is 87.7 Å². The molecule has 2 heterocycles. The number of rotatable bonds is 3. The molecule has 8 aromatic carbocycles. The molecule has 11 rings (SSSR count). The van der Waals surface area contributed by atoms with Crippen LogP contribution in [0.4, 0.5) is 0 Å². The minimum absolute atomic E-state index is 0.0941. The van der Waals surface area contributed by atoms with Crippen molar-refractivity contribution in [2.75, 3.05) is 0 Å². The van der Waals surface area contributed by atoms with E-state index in [0.717, 1.165) is 0 Å². The first-order chi connectivity index (χ1) is 26.3. The van der Waals surface area contributed by atoms with Gasteiger partial charge in [0, 0.05) is 32.9 Å². The molecule has 54 heavy (non-hydrogen) atoms. The van der Waals surface area contributed by atoms with Crippen LogP contribution in [0.5, 0.6) is 0 Å². The molecule has 2 heteroatoms. The van der Waals surface area contributed by atoms with Crippen molar-refractivity contribution in [2.24, 2.45) is 0 Å². The van der Waals surface area contributed by atoms with E-state index in [1.54, 1.807) is 0 Å². The Bertz CT molecular complexity index is 3150. The van der Waals surface area contributed by atoms with Gasteiger partial charge in [0.25, 0.3) is 0 Å². The molecule has 1 aliphatic rings. The number of fused-ring (bicyclic) bond motifs is 11. The Balaban J connectivity index is 1.31. The normalized spacial score (nSPS) is 15.2. The Hall–Kier alpha value is -6.12. The van der Waals surface area contributed by atoms with E-state index in [1.807, 2.05) is 0 Å². The van der Waals surface area contributed by atoms with Crippen LogP contribution in [0.15, 0.2) is 158 Å². The fourth-order valence-corrected chi connectivity index (χ4v) is 9.86. The number of hydrogen-bond acceptors (Lipinski definition) is 0. The molecule has 0 N–H and O–H groups in total. The van der Waals surface area contributed by atoms with Gasteiger partial charge in [-0.1, -0.05) is 131 Å². The van der Waals surface area contributed by atoms with Crippen LogP contribution in [0.2, 0.25) is 0 Å². The maximum atomic E-state index is 2.59. The molecule has 0 radical (unpaired) electrons. The predicted molar refractivity (Wildman–Crippen MR) is 231 cm³/mol.